The van der Waals surface area contributed by atoms with Gasteiger partial charge in [-0.1, -0.05) is 115 Å². The van der Waals surface area contributed by atoms with Crippen LogP contribution < -0.4 is 0 Å². The molecule has 0 spiro atoms. The topological polar surface area (TPSA) is 18.1 Å². The second-order valence-corrected chi connectivity index (χ2v) is 10.9. The highest BCUT2D eigenvalue weighted by atomic mass is 16.3. The molecule has 2 heterocycles. The number of furan rings is 1. The van der Waals surface area contributed by atoms with Crippen LogP contribution in [-0.4, -0.2) is 4.57 Å². The minimum atomic E-state index is 0.884. The van der Waals surface area contributed by atoms with Crippen LogP contribution in [0, 0.1) is 0 Å². The van der Waals surface area contributed by atoms with E-state index in [1.165, 1.54) is 54.5 Å². The molecule has 0 N–H and O–H groups in total. The van der Waals surface area contributed by atoms with Crippen molar-refractivity contribution in [3.8, 4) is 28.1 Å². The molecule has 0 atom stereocenters. The Labute approximate surface area is 242 Å². The highest BCUT2D eigenvalue weighted by Gasteiger charge is 2.19. The first kappa shape index (κ1) is 23.1. The molecule has 0 bridgehead atoms. The molecule has 2 heteroatoms. The molecule has 0 aliphatic carbocycles. The molecule has 0 aliphatic heterocycles. The molecule has 42 heavy (non-hydrogen) atoms. The van der Waals surface area contributed by atoms with Gasteiger partial charge in [0.15, 0.2) is 0 Å². The molecule has 0 amide bonds. The van der Waals surface area contributed by atoms with Crippen molar-refractivity contribution in [3.05, 3.63) is 152 Å². The Morgan fingerprint density at radius 2 is 0.905 bits per heavy atom. The number of para-hydroxylation sites is 2. The lowest BCUT2D eigenvalue weighted by Crippen LogP contribution is -1.92. The normalized spacial score (nSPS) is 11.8. The van der Waals surface area contributed by atoms with Crippen molar-refractivity contribution in [2.45, 2.75) is 0 Å². The van der Waals surface area contributed by atoms with Crippen molar-refractivity contribution in [3.63, 3.8) is 0 Å². The van der Waals surface area contributed by atoms with Crippen LogP contribution in [0.2, 0.25) is 0 Å². The first-order chi connectivity index (χ1) is 20.8. The van der Waals surface area contributed by atoms with Crippen molar-refractivity contribution < 1.29 is 4.42 Å². The zero-order valence-electron chi connectivity index (χ0n) is 22.8. The van der Waals surface area contributed by atoms with Gasteiger partial charge >= 0.3 is 0 Å². The molecular formula is C40H25NO. The van der Waals surface area contributed by atoms with Crippen LogP contribution in [-0.2, 0) is 0 Å². The van der Waals surface area contributed by atoms with E-state index in [2.05, 4.69) is 156 Å². The summed E-state index contributed by atoms with van der Waals surface area (Å²) in [5.74, 6) is 0.886. The van der Waals surface area contributed by atoms with E-state index in [0.29, 0.717) is 0 Å². The Bertz CT molecular complexity index is 2350. The number of aromatic nitrogens is 1. The van der Waals surface area contributed by atoms with Gasteiger partial charge in [0.1, 0.15) is 11.3 Å². The Morgan fingerprint density at radius 1 is 0.405 bits per heavy atom. The maximum atomic E-state index is 6.65. The molecule has 7 aromatic carbocycles. The lowest BCUT2D eigenvalue weighted by atomic mass is 9.87. The van der Waals surface area contributed by atoms with E-state index in [1.54, 1.807) is 0 Å². The standard InChI is InChI=1S/C40H25NO/c1-2-12-26(13-3-1)39-31-16-4-6-18-33(31)40(34-19-7-5-17-32(34)39)38-25-27-24-28(22-23-37(27)42-38)41-35-20-10-8-14-29(35)30-15-9-11-21-36(30)41/h1-25H. The third kappa shape index (κ3) is 3.33. The zero-order chi connectivity index (χ0) is 27.6. The smallest absolute Gasteiger partial charge is 0.136 e. The van der Waals surface area contributed by atoms with E-state index >= 15 is 0 Å². The number of hydrogen-bond donors (Lipinski definition) is 0. The van der Waals surface area contributed by atoms with Gasteiger partial charge in [0.2, 0.25) is 0 Å². The van der Waals surface area contributed by atoms with Crippen LogP contribution in [0.25, 0.3) is 82.5 Å². The molecule has 2 aromatic heterocycles. The molecule has 0 unspecified atom stereocenters. The Balaban J connectivity index is 1.30. The van der Waals surface area contributed by atoms with E-state index in [1.807, 2.05) is 0 Å². The molecule has 0 saturated carbocycles. The van der Waals surface area contributed by atoms with Gasteiger partial charge < -0.3 is 8.98 Å². The zero-order valence-corrected chi connectivity index (χ0v) is 22.8. The van der Waals surface area contributed by atoms with Crippen molar-refractivity contribution in [1.82, 2.24) is 4.57 Å². The third-order valence-electron chi connectivity index (χ3n) is 8.58. The highest BCUT2D eigenvalue weighted by Crippen LogP contribution is 2.45. The van der Waals surface area contributed by atoms with E-state index in [4.69, 9.17) is 4.42 Å². The number of nitrogens with zero attached hydrogens (tertiary/aromatic N) is 1. The lowest BCUT2D eigenvalue weighted by molar-refractivity contribution is 0.633. The number of benzene rings is 7. The summed E-state index contributed by atoms with van der Waals surface area (Å²) in [5, 5.41) is 8.45. The molecule has 2 nitrogen and oxygen atoms in total. The summed E-state index contributed by atoms with van der Waals surface area (Å²) >= 11 is 0. The monoisotopic (exact) mass is 535 g/mol. The summed E-state index contributed by atoms with van der Waals surface area (Å²) in [5.41, 5.74) is 8.03. The van der Waals surface area contributed by atoms with Gasteiger partial charge in [0, 0.05) is 27.4 Å². The SMILES string of the molecule is c1ccc(-c2c3ccccc3c(-c3cc4cc(-n5c6ccccc6c6ccccc65)ccc4o3)c3ccccc23)cc1. The Hall–Kier alpha value is -5.60. The maximum absolute atomic E-state index is 6.65. The predicted octanol–water partition coefficient (Wildman–Crippen LogP) is 11.2. The summed E-state index contributed by atoms with van der Waals surface area (Å²) < 4.78 is 9.01. The van der Waals surface area contributed by atoms with E-state index in [9.17, 15) is 0 Å². The minimum absolute atomic E-state index is 0.884. The first-order valence-corrected chi connectivity index (χ1v) is 14.4. The van der Waals surface area contributed by atoms with Crippen LogP contribution in [0.1, 0.15) is 0 Å². The van der Waals surface area contributed by atoms with Crippen molar-refractivity contribution in [1.29, 1.82) is 0 Å². The Kier molecular flexibility index (Phi) is 4.93. The highest BCUT2D eigenvalue weighted by molar-refractivity contribution is 6.21. The Morgan fingerprint density at radius 3 is 1.50 bits per heavy atom. The average Bonchev–Trinajstić information content (AvgIpc) is 3.62. The molecule has 0 saturated heterocycles. The van der Waals surface area contributed by atoms with E-state index < -0.39 is 0 Å². The van der Waals surface area contributed by atoms with Crippen LogP contribution in [0.3, 0.4) is 0 Å². The van der Waals surface area contributed by atoms with Gasteiger partial charge in [-0.3, -0.25) is 0 Å². The van der Waals surface area contributed by atoms with E-state index in [-0.39, 0.29) is 0 Å². The number of rotatable bonds is 3. The summed E-state index contributed by atoms with van der Waals surface area (Å²) in [6.45, 7) is 0. The molecule has 0 fully saturated rings. The predicted molar refractivity (Wildman–Crippen MR) is 176 cm³/mol. The van der Waals surface area contributed by atoms with Crippen molar-refractivity contribution in [2.24, 2.45) is 0 Å². The molecule has 9 aromatic rings. The van der Waals surface area contributed by atoms with Crippen molar-refractivity contribution in [2.75, 3.05) is 0 Å². The third-order valence-corrected chi connectivity index (χ3v) is 8.58. The molecule has 0 radical (unpaired) electrons. The van der Waals surface area contributed by atoms with Gasteiger partial charge in [-0.05, 0) is 69.1 Å². The van der Waals surface area contributed by atoms with Crippen LogP contribution in [0.4, 0.5) is 0 Å². The molecular weight excluding hydrogens is 510 g/mol. The summed E-state index contributed by atoms with van der Waals surface area (Å²) in [7, 11) is 0. The number of hydrogen-bond acceptors (Lipinski definition) is 1. The fourth-order valence-electron chi connectivity index (χ4n) is 6.80. The van der Waals surface area contributed by atoms with Crippen LogP contribution in [0.5, 0.6) is 0 Å². The first-order valence-electron chi connectivity index (χ1n) is 14.4. The fraction of sp³-hybridized carbons (Fsp3) is 0. The minimum Gasteiger partial charge on any atom is -0.456 e. The van der Waals surface area contributed by atoms with Crippen LogP contribution >= 0.6 is 0 Å². The van der Waals surface area contributed by atoms with Crippen LogP contribution in [0.15, 0.2) is 156 Å². The number of fused-ring (bicyclic) bond motifs is 6. The second-order valence-electron chi connectivity index (χ2n) is 10.9. The largest absolute Gasteiger partial charge is 0.456 e. The summed E-state index contributed by atoms with van der Waals surface area (Å²) in [6.07, 6.45) is 0. The van der Waals surface area contributed by atoms with Crippen molar-refractivity contribution >= 4 is 54.3 Å². The van der Waals surface area contributed by atoms with Gasteiger partial charge in [0.25, 0.3) is 0 Å². The summed E-state index contributed by atoms with van der Waals surface area (Å²) in [4.78, 5) is 0. The lowest BCUT2D eigenvalue weighted by Gasteiger charge is -2.16. The second kappa shape index (κ2) is 8.95. The molecule has 0 aliphatic rings. The summed E-state index contributed by atoms with van der Waals surface area (Å²) in [6, 6.07) is 54.1. The fourth-order valence-corrected chi connectivity index (χ4v) is 6.80. The quantitative estimate of drug-likeness (QED) is 0.206. The van der Waals surface area contributed by atoms with Gasteiger partial charge in [-0.2, -0.15) is 0 Å². The molecule has 196 valence electrons. The van der Waals surface area contributed by atoms with Gasteiger partial charge in [-0.15, -0.1) is 0 Å². The molecule has 9 rings (SSSR count). The average molecular weight is 536 g/mol. The maximum Gasteiger partial charge on any atom is 0.136 e. The van der Waals surface area contributed by atoms with E-state index in [0.717, 1.165) is 28.0 Å². The van der Waals surface area contributed by atoms with Gasteiger partial charge in [0.05, 0.1) is 11.0 Å². The van der Waals surface area contributed by atoms with Gasteiger partial charge in [-0.25, -0.2) is 0 Å².